The summed E-state index contributed by atoms with van der Waals surface area (Å²) < 4.78 is 7.44. The van der Waals surface area contributed by atoms with E-state index in [9.17, 15) is 4.79 Å². The van der Waals surface area contributed by atoms with Crippen LogP contribution in [0.5, 0.6) is 5.75 Å². The molecule has 0 aliphatic rings. The molecule has 0 fully saturated rings. The van der Waals surface area contributed by atoms with Gasteiger partial charge in [0, 0.05) is 24.0 Å². The Balaban J connectivity index is 1.29. The number of aromatic amines is 1. The van der Waals surface area contributed by atoms with Crippen molar-refractivity contribution in [3.8, 4) is 17.0 Å². The Bertz CT molecular complexity index is 1390. The van der Waals surface area contributed by atoms with Gasteiger partial charge in [0.15, 0.2) is 10.8 Å². The number of ether oxygens (including phenoxy) is 1. The highest BCUT2D eigenvalue weighted by atomic mass is 32.2. The van der Waals surface area contributed by atoms with E-state index >= 15 is 0 Å². The van der Waals surface area contributed by atoms with Crippen LogP contribution in [0.15, 0.2) is 78.2 Å². The van der Waals surface area contributed by atoms with E-state index in [0.29, 0.717) is 23.1 Å². The minimum absolute atomic E-state index is 0.122. The summed E-state index contributed by atoms with van der Waals surface area (Å²) in [5.41, 5.74) is 4.99. The van der Waals surface area contributed by atoms with Crippen LogP contribution >= 0.6 is 11.8 Å². The molecule has 0 aliphatic carbocycles. The highest BCUT2D eigenvalue weighted by Gasteiger charge is 2.12. The van der Waals surface area contributed by atoms with Gasteiger partial charge in [-0.2, -0.15) is 0 Å². The van der Waals surface area contributed by atoms with E-state index in [4.69, 9.17) is 9.72 Å². The van der Waals surface area contributed by atoms with Crippen LogP contribution in [0.1, 0.15) is 6.92 Å². The molecular formula is C24H21N5O2S. The van der Waals surface area contributed by atoms with Gasteiger partial charge in [-0.05, 0) is 31.2 Å². The molecule has 160 valence electrons. The zero-order chi connectivity index (χ0) is 21.9. The van der Waals surface area contributed by atoms with Crippen LogP contribution in [0.4, 0.5) is 5.69 Å². The van der Waals surface area contributed by atoms with Crippen molar-refractivity contribution < 1.29 is 9.53 Å². The third-order valence-electron chi connectivity index (χ3n) is 4.91. The van der Waals surface area contributed by atoms with E-state index < -0.39 is 0 Å². The summed E-state index contributed by atoms with van der Waals surface area (Å²) in [6.07, 6.45) is 3.88. The van der Waals surface area contributed by atoms with Crippen LogP contribution in [-0.4, -0.2) is 37.6 Å². The first-order valence-corrected chi connectivity index (χ1v) is 11.3. The lowest BCUT2D eigenvalue weighted by atomic mass is 10.2. The van der Waals surface area contributed by atoms with Crippen LogP contribution in [0.2, 0.25) is 0 Å². The lowest BCUT2D eigenvalue weighted by Gasteiger charge is -2.05. The Hall–Kier alpha value is -3.78. The molecule has 5 rings (SSSR count). The number of hydrogen-bond acceptors (Lipinski definition) is 5. The number of imidazole rings is 2. The zero-order valence-electron chi connectivity index (χ0n) is 17.4. The van der Waals surface area contributed by atoms with E-state index in [-0.39, 0.29) is 11.7 Å². The number of pyridine rings is 1. The smallest absolute Gasteiger partial charge is 0.234 e. The van der Waals surface area contributed by atoms with Gasteiger partial charge in [0.2, 0.25) is 5.91 Å². The summed E-state index contributed by atoms with van der Waals surface area (Å²) in [4.78, 5) is 25.1. The van der Waals surface area contributed by atoms with Crippen molar-refractivity contribution in [1.82, 2.24) is 19.4 Å². The Morgan fingerprint density at radius 1 is 1.12 bits per heavy atom. The average molecular weight is 444 g/mol. The molecule has 8 heteroatoms. The largest absolute Gasteiger partial charge is 0.494 e. The molecule has 0 bridgehead atoms. The Kier molecular flexibility index (Phi) is 5.51. The Labute approximate surface area is 188 Å². The number of nitrogens with zero attached hydrogens (tertiary/aromatic N) is 3. The quantitative estimate of drug-likeness (QED) is 0.346. The maximum atomic E-state index is 12.6. The number of hydrogen-bond donors (Lipinski definition) is 2. The first kappa shape index (κ1) is 20.1. The van der Waals surface area contributed by atoms with Gasteiger partial charge in [0.05, 0.1) is 34.8 Å². The molecule has 5 aromatic rings. The van der Waals surface area contributed by atoms with Gasteiger partial charge >= 0.3 is 0 Å². The normalized spacial score (nSPS) is 11.2. The molecule has 3 aromatic heterocycles. The van der Waals surface area contributed by atoms with E-state index in [0.717, 1.165) is 28.0 Å². The molecule has 0 radical (unpaired) electrons. The summed E-state index contributed by atoms with van der Waals surface area (Å²) in [7, 11) is 0. The molecule has 2 aromatic carbocycles. The number of rotatable bonds is 7. The summed E-state index contributed by atoms with van der Waals surface area (Å²) in [6, 6.07) is 19.4. The van der Waals surface area contributed by atoms with E-state index in [2.05, 4.69) is 15.3 Å². The molecule has 0 saturated carbocycles. The fraction of sp³-hybridized carbons (Fsp3) is 0.125. The number of anilines is 1. The number of carbonyl (C=O) groups is 1. The maximum absolute atomic E-state index is 12.6. The fourth-order valence-electron chi connectivity index (χ4n) is 3.47. The Morgan fingerprint density at radius 3 is 2.84 bits per heavy atom. The Morgan fingerprint density at radius 2 is 2.00 bits per heavy atom. The first-order chi connectivity index (χ1) is 15.7. The van der Waals surface area contributed by atoms with Crippen molar-refractivity contribution in [3.63, 3.8) is 0 Å². The van der Waals surface area contributed by atoms with Gasteiger partial charge in [0.1, 0.15) is 5.75 Å². The average Bonchev–Trinajstić information content (AvgIpc) is 3.43. The molecule has 0 saturated heterocycles. The van der Waals surface area contributed by atoms with Crippen LogP contribution in [0.3, 0.4) is 0 Å². The second-order valence-electron chi connectivity index (χ2n) is 7.14. The van der Waals surface area contributed by atoms with Crippen molar-refractivity contribution in [2.45, 2.75) is 12.1 Å². The number of amides is 1. The lowest BCUT2D eigenvalue weighted by Crippen LogP contribution is -2.14. The standard InChI is InChI=1S/C24H21N5O2S/c1-2-31-17-10-11-18-20(13-17)28-24(27-18)32-15-22(30)25-19-9-6-12-29-14-21(26-23(19)29)16-7-4-3-5-8-16/h3-14H,2,15H2,1H3,(H,25,30)(H,27,28). The van der Waals surface area contributed by atoms with E-state index in [1.54, 1.807) is 0 Å². The van der Waals surface area contributed by atoms with Gasteiger partial charge in [-0.25, -0.2) is 9.97 Å². The van der Waals surface area contributed by atoms with Crippen molar-refractivity contribution in [3.05, 3.63) is 73.1 Å². The van der Waals surface area contributed by atoms with Crippen LogP contribution < -0.4 is 10.1 Å². The highest BCUT2D eigenvalue weighted by molar-refractivity contribution is 7.99. The second kappa shape index (κ2) is 8.76. The van der Waals surface area contributed by atoms with E-state index in [1.165, 1.54) is 11.8 Å². The minimum Gasteiger partial charge on any atom is -0.494 e. The zero-order valence-corrected chi connectivity index (χ0v) is 18.2. The number of carbonyl (C=O) groups excluding carboxylic acids is 1. The molecule has 0 atom stereocenters. The molecule has 0 unspecified atom stereocenters. The summed E-state index contributed by atoms with van der Waals surface area (Å²) in [6.45, 7) is 2.56. The van der Waals surface area contributed by atoms with Crippen molar-refractivity contribution in [2.24, 2.45) is 0 Å². The number of aromatic nitrogens is 4. The van der Waals surface area contributed by atoms with Gasteiger partial charge in [-0.1, -0.05) is 42.1 Å². The van der Waals surface area contributed by atoms with Crippen molar-refractivity contribution in [1.29, 1.82) is 0 Å². The number of benzene rings is 2. The van der Waals surface area contributed by atoms with Gasteiger partial charge in [-0.15, -0.1) is 0 Å². The van der Waals surface area contributed by atoms with Crippen LogP contribution in [0, 0.1) is 0 Å². The summed E-state index contributed by atoms with van der Waals surface area (Å²) >= 11 is 1.35. The van der Waals surface area contributed by atoms with E-state index in [1.807, 2.05) is 84.4 Å². The molecule has 1 amide bonds. The molecule has 32 heavy (non-hydrogen) atoms. The van der Waals surface area contributed by atoms with Gasteiger partial charge < -0.3 is 19.4 Å². The number of H-pyrrole nitrogens is 1. The van der Waals surface area contributed by atoms with Gasteiger partial charge in [-0.3, -0.25) is 4.79 Å². The number of thioether (sulfide) groups is 1. The fourth-order valence-corrected chi connectivity index (χ4v) is 4.15. The highest BCUT2D eigenvalue weighted by Crippen LogP contribution is 2.25. The summed E-state index contributed by atoms with van der Waals surface area (Å²) in [5.74, 6) is 0.897. The lowest BCUT2D eigenvalue weighted by molar-refractivity contribution is -0.113. The number of fused-ring (bicyclic) bond motifs is 2. The third kappa shape index (κ3) is 4.17. The van der Waals surface area contributed by atoms with Crippen LogP contribution in [-0.2, 0) is 4.79 Å². The third-order valence-corrected chi connectivity index (χ3v) is 5.78. The monoisotopic (exact) mass is 443 g/mol. The molecular weight excluding hydrogens is 422 g/mol. The topological polar surface area (TPSA) is 84.3 Å². The van der Waals surface area contributed by atoms with Crippen molar-refractivity contribution >= 4 is 40.0 Å². The minimum atomic E-state index is -0.122. The second-order valence-corrected chi connectivity index (χ2v) is 8.10. The van der Waals surface area contributed by atoms with Crippen LogP contribution in [0.25, 0.3) is 27.9 Å². The van der Waals surface area contributed by atoms with Gasteiger partial charge in [0.25, 0.3) is 0 Å². The predicted octanol–water partition coefficient (Wildman–Crippen LogP) is 5.01. The maximum Gasteiger partial charge on any atom is 0.234 e. The number of nitrogens with one attached hydrogen (secondary N) is 2. The molecule has 7 nitrogen and oxygen atoms in total. The van der Waals surface area contributed by atoms with Crippen molar-refractivity contribution in [2.75, 3.05) is 17.7 Å². The summed E-state index contributed by atoms with van der Waals surface area (Å²) in [5, 5.41) is 3.66. The first-order valence-electron chi connectivity index (χ1n) is 10.3. The molecule has 2 N–H and O–H groups in total. The molecule has 0 aliphatic heterocycles. The molecule has 0 spiro atoms. The predicted molar refractivity (Wildman–Crippen MR) is 127 cm³/mol. The molecule has 3 heterocycles. The SMILES string of the molecule is CCOc1ccc2nc(SCC(=O)Nc3cccn4cc(-c5ccccc5)nc34)[nH]c2c1.